The lowest BCUT2D eigenvalue weighted by molar-refractivity contribution is -0.184. The molecule has 1 heterocycles. The molecule has 0 amide bonds. The molecule has 2 rings (SSSR count). The van der Waals surface area contributed by atoms with E-state index in [1.165, 1.54) is 6.07 Å². The Bertz CT molecular complexity index is 334. The molecule has 0 saturated carbocycles. The van der Waals surface area contributed by atoms with Crippen LogP contribution in [-0.4, -0.2) is 23.4 Å². The maximum atomic E-state index is 9.82. The van der Waals surface area contributed by atoms with Crippen LogP contribution in [0.15, 0.2) is 18.2 Å². The minimum Gasteiger partial charge on any atom is -0.506 e. The topological polar surface area (TPSA) is 75.7 Å². The van der Waals surface area contributed by atoms with Crippen molar-refractivity contribution in [2.45, 2.75) is 5.60 Å². The highest BCUT2D eigenvalue weighted by atomic mass is 16.5. The lowest BCUT2D eigenvalue weighted by Crippen LogP contribution is -2.46. The largest absolute Gasteiger partial charge is 0.506 e. The summed E-state index contributed by atoms with van der Waals surface area (Å²) in [5, 5.41) is 19.1. The second-order valence-corrected chi connectivity index (χ2v) is 3.30. The van der Waals surface area contributed by atoms with Crippen LogP contribution in [0.2, 0.25) is 0 Å². The quantitative estimate of drug-likeness (QED) is 0.427. The van der Waals surface area contributed by atoms with Crippen molar-refractivity contribution in [2.24, 2.45) is 0 Å². The summed E-state index contributed by atoms with van der Waals surface area (Å²) in [6, 6.07) is 4.73. The van der Waals surface area contributed by atoms with Crippen molar-refractivity contribution in [2.75, 3.05) is 18.9 Å². The first kappa shape index (κ1) is 8.34. The summed E-state index contributed by atoms with van der Waals surface area (Å²) in [4.78, 5) is 0. The van der Waals surface area contributed by atoms with Crippen LogP contribution in [0.3, 0.4) is 0 Å². The van der Waals surface area contributed by atoms with Crippen LogP contribution in [0.25, 0.3) is 0 Å². The zero-order valence-electron chi connectivity index (χ0n) is 7.03. The monoisotopic (exact) mass is 181 g/mol. The number of aliphatic hydroxyl groups is 1. The van der Waals surface area contributed by atoms with Gasteiger partial charge in [-0.05, 0) is 17.7 Å². The fourth-order valence-electron chi connectivity index (χ4n) is 1.30. The number of nitrogen functional groups attached to an aromatic ring is 1. The highest BCUT2D eigenvalue weighted by molar-refractivity contribution is 5.54. The van der Waals surface area contributed by atoms with Gasteiger partial charge in [0.15, 0.2) is 0 Å². The third-order valence-electron chi connectivity index (χ3n) is 2.25. The number of phenolic OH excluding ortho intramolecular Hbond substituents is 1. The van der Waals surface area contributed by atoms with E-state index in [1.54, 1.807) is 12.1 Å². The van der Waals surface area contributed by atoms with Crippen LogP contribution in [-0.2, 0) is 10.3 Å². The molecule has 0 radical (unpaired) electrons. The standard InChI is InChI=1S/C9H11NO3/c10-7-2-1-6(3-8(7)11)9(12)4-13-5-9/h1-3,11-12H,4-5,10H2. The Morgan fingerprint density at radius 1 is 1.38 bits per heavy atom. The van der Waals surface area contributed by atoms with Crippen LogP contribution in [0, 0.1) is 0 Å². The molecule has 1 fully saturated rings. The van der Waals surface area contributed by atoms with Gasteiger partial charge in [-0.15, -0.1) is 0 Å². The number of hydrogen-bond donors (Lipinski definition) is 3. The van der Waals surface area contributed by atoms with E-state index in [2.05, 4.69) is 0 Å². The molecule has 1 aliphatic heterocycles. The van der Waals surface area contributed by atoms with Gasteiger partial charge in [0.2, 0.25) is 0 Å². The fraction of sp³-hybridized carbons (Fsp3) is 0.333. The first-order valence-electron chi connectivity index (χ1n) is 4.01. The van der Waals surface area contributed by atoms with Gasteiger partial charge in [-0.2, -0.15) is 0 Å². The van der Waals surface area contributed by atoms with E-state index in [1.807, 2.05) is 0 Å². The molecule has 0 unspecified atom stereocenters. The van der Waals surface area contributed by atoms with Gasteiger partial charge in [-0.1, -0.05) is 6.07 Å². The summed E-state index contributed by atoms with van der Waals surface area (Å²) in [5.41, 5.74) is 5.45. The van der Waals surface area contributed by atoms with E-state index in [0.29, 0.717) is 11.3 Å². The van der Waals surface area contributed by atoms with E-state index >= 15 is 0 Å². The molecular weight excluding hydrogens is 170 g/mol. The highest BCUT2D eigenvalue weighted by Gasteiger charge is 2.38. The van der Waals surface area contributed by atoms with Crippen LogP contribution in [0.5, 0.6) is 5.75 Å². The SMILES string of the molecule is Nc1ccc(C2(O)COC2)cc1O. The van der Waals surface area contributed by atoms with Crippen LogP contribution < -0.4 is 5.73 Å². The Labute approximate surface area is 75.6 Å². The average Bonchev–Trinajstić information content (AvgIpc) is 2.06. The zero-order valence-corrected chi connectivity index (χ0v) is 7.03. The Kier molecular flexibility index (Phi) is 1.68. The third-order valence-corrected chi connectivity index (χ3v) is 2.25. The molecule has 0 aliphatic carbocycles. The van der Waals surface area contributed by atoms with Gasteiger partial charge < -0.3 is 20.7 Å². The molecule has 0 bridgehead atoms. The summed E-state index contributed by atoms with van der Waals surface area (Å²) in [6.45, 7) is 0.548. The minimum absolute atomic E-state index is 0.00201. The average molecular weight is 181 g/mol. The van der Waals surface area contributed by atoms with Crippen molar-refractivity contribution in [3.8, 4) is 5.75 Å². The second kappa shape index (κ2) is 2.61. The molecule has 0 spiro atoms. The van der Waals surface area contributed by atoms with E-state index in [4.69, 9.17) is 10.5 Å². The van der Waals surface area contributed by atoms with Crippen LogP contribution in [0.4, 0.5) is 5.69 Å². The molecule has 1 aliphatic rings. The summed E-state index contributed by atoms with van der Waals surface area (Å²) in [6.07, 6.45) is 0. The van der Waals surface area contributed by atoms with Crippen molar-refractivity contribution in [1.29, 1.82) is 0 Å². The third kappa shape index (κ3) is 1.24. The van der Waals surface area contributed by atoms with Gasteiger partial charge in [0.1, 0.15) is 11.4 Å². The van der Waals surface area contributed by atoms with Crippen LogP contribution >= 0.6 is 0 Å². The number of ether oxygens (including phenoxy) is 1. The van der Waals surface area contributed by atoms with Crippen molar-refractivity contribution in [3.63, 3.8) is 0 Å². The predicted octanol–water partition coefficient (Wildman–Crippen LogP) is 0.192. The Morgan fingerprint density at radius 3 is 2.54 bits per heavy atom. The van der Waals surface area contributed by atoms with Gasteiger partial charge in [-0.3, -0.25) is 0 Å². The van der Waals surface area contributed by atoms with Crippen molar-refractivity contribution < 1.29 is 14.9 Å². The number of rotatable bonds is 1. The normalized spacial score (nSPS) is 19.5. The number of nitrogens with two attached hydrogens (primary N) is 1. The molecular formula is C9H11NO3. The van der Waals surface area contributed by atoms with E-state index in [-0.39, 0.29) is 19.0 Å². The molecule has 4 N–H and O–H groups in total. The maximum Gasteiger partial charge on any atom is 0.138 e. The highest BCUT2D eigenvalue weighted by Crippen LogP contribution is 2.32. The molecule has 1 aromatic rings. The summed E-state index contributed by atoms with van der Waals surface area (Å²) < 4.78 is 4.90. The molecule has 0 aromatic heterocycles. The Hall–Kier alpha value is -1.26. The van der Waals surface area contributed by atoms with Gasteiger partial charge in [0, 0.05) is 0 Å². The molecule has 1 aromatic carbocycles. The van der Waals surface area contributed by atoms with E-state index in [0.717, 1.165) is 0 Å². The number of hydrogen-bond acceptors (Lipinski definition) is 4. The van der Waals surface area contributed by atoms with Gasteiger partial charge in [0.25, 0.3) is 0 Å². The number of phenols is 1. The predicted molar refractivity (Wildman–Crippen MR) is 47.2 cm³/mol. The summed E-state index contributed by atoms with van der Waals surface area (Å²) >= 11 is 0. The van der Waals surface area contributed by atoms with Crippen molar-refractivity contribution in [3.05, 3.63) is 23.8 Å². The molecule has 4 nitrogen and oxygen atoms in total. The minimum atomic E-state index is -0.939. The maximum absolute atomic E-state index is 9.82. The smallest absolute Gasteiger partial charge is 0.138 e. The van der Waals surface area contributed by atoms with E-state index in [9.17, 15) is 10.2 Å². The fourth-order valence-corrected chi connectivity index (χ4v) is 1.30. The Balaban J connectivity index is 2.36. The van der Waals surface area contributed by atoms with Crippen molar-refractivity contribution >= 4 is 5.69 Å². The van der Waals surface area contributed by atoms with Gasteiger partial charge in [-0.25, -0.2) is 0 Å². The molecule has 0 atom stereocenters. The first-order valence-corrected chi connectivity index (χ1v) is 4.01. The zero-order chi connectivity index (χ0) is 9.47. The summed E-state index contributed by atoms with van der Waals surface area (Å²) in [5.74, 6) is -0.00201. The molecule has 4 heteroatoms. The first-order chi connectivity index (χ1) is 6.12. The van der Waals surface area contributed by atoms with Gasteiger partial charge >= 0.3 is 0 Å². The summed E-state index contributed by atoms with van der Waals surface area (Å²) in [7, 11) is 0. The lowest BCUT2D eigenvalue weighted by Gasteiger charge is -2.36. The molecule has 13 heavy (non-hydrogen) atoms. The second-order valence-electron chi connectivity index (χ2n) is 3.30. The van der Waals surface area contributed by atoms with E-state index < -0.39 is 5.60 Å². The molecule has 70 valence electrons. The Morgan fingerprint density at radius 2 is 2.08 bits per heavy atom. The van der Waals surface area contributed by atoms with Gasteiger partial charge in [0.05, 0.1) is 18.9 Å². The van der Waals surface area contributed by atoms with Crippen LogP contribution in [0.1, 0.15) is 5.56 Å². The van der Waals surface area contributed by atoms with Crippen molar-refractivity contribution in [1.82, 2.24) is 0 Å². The number of benzene rings is 1. The lowest BCUT2D eigenvalue weighted by atomic mass is 9.92. The number of anilines is 1. The number of aromatic hydroxyl groups is 1. The molecule has 1 saturated heterocycles.